The van der Waals surface area contributed by atoms with E-state index in [1.165, 1.54) is 5.82 Å². The van der Waals surface area contributed by atoms with E-state index in [1.807, 2.05) is 4.90 Å². The number of amides is 1. The molecule has 2 saturated heterocycles. The lowest BCUT2D eigenvalue weighted by molar-refractivity contribution is -0.136. The van der Waals surface area contributed by atoms with Crippen LogP contribution in [0.4, 0.5) is 0 Å². The highest BCUT2D eigenvalue weighted by atomic mass is 16.5. The number of carbonyl (C=O) groups is 1. The Bertz CT molecular complexity index is 497. The minimum Gasteiger partial charge on any atom is -0.376 e. The highest BCUT2D eigenvalue weighted by molar-refractivity contribution is 5.73. The average molecular weight is 334 g/mol. The van der Waals surface area contributed by atoms with E-state index in [1.54, 1.807) is 6.92 Å². The van der Waals surface area contributed by atoms with Gasteiger partial charge < -0.3 is 25.6 Å². The van der Waals surface area contributed by atoms with Crippen LogP contribution in [-0.4, -0.2) is 66.7 Å². The molecule has 3 aliphatic rings. The first-order valence-corrected chi connectivity index (χ1v) is 9.15. The summed E-state index contributed by atoms with van der Waals surface area (Å²) >= 11 is 0. The number of dihydropyridines is 1. The maximum atomic E-state index is 11.8. The molecule has 2 atom stereocenters. The Hall–Kier alpha value is -1.53. The van der Waals surface area contributed by atoms with Gasteiger partial charge in [-0.05, 0) is 31.8 Å². The number of rotatable bonds is 4. The summed E-state index contributed by atoms with van der Waals surface area (Å²) in [5.74, 6) is 1.32. The number of nitrogens with zero attached hydrogens (tertiary/aromatic N) is 2. The standard InChI is InChI=1S/C18H30N4O2/c1-14(23)22-10-4-5-16(19)17(22)13-24-15-7-11-21(12-8-15)18-6-2-3-9-20-18/h2-3,6,15-17,20H,4-5,7-13,19H2,1H3. The van der Waals surface area contributed by atoms with Gasteiger partial charge in [0.15, 0.2) is 0 Å². The minimum atomic E-state index is 0.0298. The second-order valence-electron chi connectivity index (χ2n) is 6.97. The molecule has 3 heterocycles. The number of likely N-dealkylation sites (tertiary alicyclic amines) is 2. The molecule has 2 fully saturated rings. The number of carbonyl (C=O) groups excluding carboxylic acids is 1. The van der Waals surface area contributed by atoms with Gasteiger partial charge in [0, 0.05) is 39.1 Å². The average Bonchev–Trinajstić information content (AvgIpc) is 2.61. The second kappa shape index (κ2) is 8.03. The summed E-state index contributed by atoms with van der Waals surface area (Å²) in [5, 5.41) is 3.41. The maximum Gasteiger partial charge on any atom is 0.219 e. The third-order valence-corrected chi connectivity index (χ3v) is 5.31. The van der Waals surface area contributed by atoms with Crippen LogP contribution in [0.25, 0.3) is 0 Å². The van der Waals surface area contributed by atoms with Crippen molar-refractivity contribution < 1.29 is 9.53 Å². The molecule has 3 rings (SSSR count). The van der Waals surface area contributed by atoms with Crippen LogP contribution >= 0.6 is 0 Å². The van der Waals surface area contributed by atoms with E-state index in [9.17, 15) is 4.79 Å². The molecule has 0 saturated carbocycles. The summed E-state index contributed by atoms with van der Waals surface area (Å²) < 4.78 is 6.15. The van der Waals surface area contributed by atoms with Crippen LogP contribution in [0.2, 0.25) is 0 Å². The molecular weight excluding hydrogens is 304 g/mol. The van der Waals surface area contributed by atoms with Gasteiger partial charge in [-0.15, -0.1) is 0 Å². The summed E-state index contributed by atoms with van der Waals surface area (Å²) in [6.07, 6.45) is 10.6. The number of nitrogens with one attached hydrogen (secondary N) is 1. The van der Waals surface area contributed by atoms with Gasteiger partial charge in [0.05, 0.1) is 18.8 Å². The largest absolute Gasteiger partial charge is 0.376 e. The third-order valence-electron chi connectivity index (χ3n) is 5.31. The van der Waals surface area contributed by atoms with Gasteiger partial charge in [0.2, 0.25) is 5.91 Å². The van der Waals surface area contributed by atoms with E-state index in [2.05, 4.69) is 28.4 Å². The molecule has 0 aromatic rings. The van der Waals surface area contributed by atoms with Crippen molar-refractivity contribution in [1.29, 1.82) is 0 Å². The van der Waals surface area contributed by atoms with Crippen LogP contribution in [-0.2, 0) is 9.53 Å². The van der Waals surface area contributed by atoms with Crippen molar-refractivity contribution >= 4 is 5.91 Å². The summed E-state index contributed by atoms with van der Waals surface area (Å²) in [4.78, 5) is 16.1. The van der Waals surface area contributed by atoms with Crippen molar-refractivity contribution in [3.05, 3.63) is 24.0 Å². The van der Waals surface area contributed by atoms with Crippen molar-refractivity contribution in [2.24, 2.45) is 5.73 Å². The lowest BCUT2D eigenvalue weighted by Crippen LogP contribution is -2.56. The molecule has 0 spiro atoms. The molecule has 6 nitrogen and oxygen atoms in total. The zero-order valence-electron chi connectivity index (χ0n) is 14.6. The normalized spacial score (nSPS) is 28.5. The van der Waals surface area contributed by atoms with Gasteiger partial charge in [0.1, 0.15) is 5.82 Å². The van der Waals surface area contributed by atoms with Crippen molar-refractivity contribution in [3.8, 4) is 0 Å². The quantitative estimate of drug-likeness (QED) is 0.796. The summed E-state index contributed by atoms with van der Waals surface area (Å²) in [7, 11) is 0. The molecule has 134 valence electrons. The number of piperidine rings is 2. The van der Waals surface area contributed by atoms with Crippen LogP contribution in [0, 0.1) is 0 Å². The van der Waals surface area contributed by atoms with E-state index >= 15 is 0 Å². The van der Waals surface area contributed by atoms with Crippen molar-refractivity contribution in [2.45, 2.75) is 50.8 Å². The lowest BCUT2D eigenvalue weighted by atomic mass is 9.97. The predicted molar refractivity (Wildman–Crippen MR) is 94.2 cm³/mol. The molecule has 0 radical (unpaired) electrons. The summed E-state index contributed by atoms with van der Waals surface area (Å²) in [5.41, 5.74) is 6.24. The van der Waals surface area contributed by atoms with E-state index in [0.29, 0.717) is 6.61 Å². The SMILES string of the molecule is CC(=O)N1CCCC(N)C1COC1CCN(C2=CC=CCN2)CC1. The molecule has 0 aromatic carbocycles. The van der Waals surface area contributed by atoms with Gasteiger partial charge >= 0.3 is 0 Å². The van der Waals surface area contributed by atoms with Crippen LogP contribution in [0.1, 0.15) is 32.6 Å². The minimum absolute atomic E-state index is 0.0298. The summed E-state index contributed by atoms with van der Waals surface area (Å²) in [6.45, 7) is 5.92. The fraction of sp³-hybridized carbons (Fsp3) is 0.722. The third kappa shape index (κ3) is 4.11. The van der Waals surface area contributed by atoms with Crippen LogP contribution in [0.3, 0.4) is 0 Å². The van der Waals surface area contributed by atoms with E-state index in [0.717, 1.165) is 51.9 Å². The van der Waals surface area contributed by atoms with Gasteiger partial charge in [-0.1, -0.05) is 12.2 Å². The predicted octanol–water partition coefficient (Wildman–Crippen LogP) is 0.806. The van der Waals surface area contributed by atoms with Crippen molar-refractivity contribution in [1.82, 2.24) is 15.1 Å². The van der Waals surface area contributed by atoms with Gasteiger partial charge in [-0.2, -0.15) is 0 Å². The Kier molecular flexibility index (Phi) is 5.79. The first-order valence-electron chi connectivity index (χ1n) is 9.15. The zero-order valence-corrected chi connectivity index (χ0v) is 14.6. The zero-order chi connectivity index (χ0) is 16.9. The van der Waals surface area contributed by atoms with Crippen molar-refractivity contribution in [3.63, 3.8) is 0 Å². The van der Waals surface area contributed by atoms with Crippen molar-refractivity contribution in [2.75, 3.05) is 32.8 Å². The fourth-order valence-electron chi connectivity index (χ4n) is 3.86. The highest BCUT2D eigenvalue weighted by Crippen LogP contribution is 2.21. The number of allylic oxidation sites excluding steroid dienone is 2. The Morgan fingerprint density at radius 3 is 2.79 bits per heavy atom. The Labute approximate surface area is 144 Å². The number of ether oxygens (including phenoxy) is 1. The van der Waals surface area contributed by atoms with Gasteiger partial charge in [-0.25, -0.2) is 0 Å². The van der Waals surface area contributed by atoms with Gasteiger partial charge in [-0.3, -0.25) is 4.79 Å². The molecule has 1 amide bonds. The van der Waals surface area contributed by atoms with Crippen LogP contribution in [0.15, 0.2) is 24.0 Å². The lowest BCUT2D eigenvalue weighted by Gasteiger charge is -2.41. The molecule has 2 unspecified atom stereocenters. The fourth-order valence-corrected chi connectivity index (χ4v) is 3.86. The smallest absolute Gasteiger partial charge is 0.219 e. The molecule has 3 aliphatic heterocycles. The molecule has 0 aromatic heterocycles. The Balaban J connectivity index is 1.46. The Morgan fingerprint density at radius 1 is 1.33 bits per heavy atom. The maximum absolute atomic E-state index is 11.8. The first-order chi connectivity index (χ1) is 11.6. The van der Waals surface area contributed by atoms with Gasteiger partial charge in [0.25, 0.3) is 0 Å². The van der Waals surface area contributed by atoms with E-state index in [-0.39, 0.29) is 24.1 Å². The monoisotopic (exact) mass is 334 g/mol. The highest BCUT2D eigenvalue weighted by Gasteiger charge is 2.32. The summed E-state index contributed by atoms with van der Waals surface area (Å²) in [6, 6.07) is 0.0632. The topological polar surface area (TPSA) is 70.8 Å². The number of hydrogen-bond acceptors (Lipinski definition) is 5. The van der Waals surface area contributed by atoms with Crippen LogP contribution in [0.5, 0.6) is 0 Å². The number of nitrogens with two attached hydrogens (primary N) is 1. The molecule has 6 heteroatoms. The second-order valence-corrected chi connectivity index (χ2v) is 6.97. The molecule has 3 N–H and O–H groups in total. The first kappa shape index (κ1) is 17.3. The Morgan fingerprint density at radius 2 is 2.12 bits per heavy atom. The molecular formula is C18H30N4O2. The van der Waals surface area contributed by atoms with Crippen LogP contribution < -0.4 is 11.1 Å². The molecule has 0 aliphatic carbocycles. The number of hydrogen-bond donors (Lipinski definition) is 2. The molecule has 24 heavy (non-hydrogen) atoms. The van der Waals surface area contributed by atoms with E-state index in [4.69, 9.17) is 10.5 Å². The van der Waals surface area contributed by atoms with E-state index < -0.39 is 0 Å². The molecule has 0 bridgehead atoms.